The second kappa shape index (κ2) is 8.61. The van der Waals surface area contributed by atoms with E-state index in [0.29, 0.717) is 36.3 Å². The summed E-state index contributed by atoms with van der Waals surface area (Å²) in [5, 5.41) is 3.11. The minimum Gasteiger partial charge on any atom is -0.324 e. The van der Waals surface area contributed by atoms with E-state index in [2.05, 4.69) is 10.2 Å². The van der Waals surface area contributed by atoms with Gasteiger partial charge in [0.05, 0.1) is 5.41 Å². The van der Waals surface area contributed by atoms with E-state index >= 15 is 0 Å². The quantitative estimate of drug-likeness (QED) is 0.408. The van der Waals surface area contributed by atoms with Gasteiger partial charge in [-0.05, 0) is 72.4 Å². The lowest BCUT2D eigenvalue weighted by Gasteiger charge is -2.49. The van der Waals surface area contributed by atoms with Gasteiger partial charge in [0, 0.05) is 34.8 Å². The number of carbonyl (C=O) groups is 2. The van der Waals surface area contributed by atoms with Gasteiger partial charge in [0.2, 0.25) is 0 Å². The summed E-state index contributed by atoms with van der Waals surface area (Å²) in [6.45, 7) is 0. The van der Waals surface area contributed by atoms with Crippen molar-refractivity contribution in [1.82, 2.24) is 4.90 Å². The van der Waals surface area contributed by atoms with Crippen molar-refractivity contribution in [3.8, 4) is 0 Å². The fourth-order valence-electron chi connectivity index (χ4n) is 7.71. The minimum atomic E-state index is -1.22. The average molecular weight is 529 g/mol. The number of halogens is 2. The fourth-order valence-corrected chi connectivity index (χ4v) is 9.02. The predicted octanol–water partition coefficient (Wildman–Crippen LogP) is 6.11. The molecule has 2 spiro atoms. The molecule has 7 rings (SSSR count). The molecule has 3 heterocycles. The Morgan fingerprint density at radius 1 is 0.974 bits per heavy atom. The van der Waals surface area contributed by atoms with E-state index in [1.807, 2.05) is 30.3 Å². The molecule has 7 heteroatoms. The summed E-state index contributed by atoms with van der Waals surface area (Å²) in [6, 6.07) is 20.3. The molecule has 0 aromatic heterocycles. The Kier molecular flexibility index (Phi) is 5.39. The second-order valence-electron chi connectivity index (χ2n) is 10.7. The third kappa shape index (κ3) is 3.06. The summed E-state index contributed by atoms with van der Waals surface area (Å²) < 4.78 is 28.7. The largest absolute Gasteiger partial charge is 0.324 e. The summed E-state index contributed by atoms with van der Waals surface area (Å²) in [5.74, 6) is -0.0280. The van der Waals surface area contributed by atoms with E-state index < -0.39 is 11.0 Å². The highest BCUT2D eigenvalue weighted by atomic mass is 32.2. The highest BCUT2D eigenvalue weighted by Crippen LogP contribution is 2.70. The predicted molar refractivity (Wildman–Crippen MR) is 145 cm³/mol. The molecule has 38 heavy (non-hydrogen) atoms. The maximum absolute atomic E-state index is 15.0. The molecule has 1 amide bonds. The molecule has 4 atom stereocenters. The summed E-state index contributed by atoms with van der Waals surface area (Å²) >= 11 is 1.74. The zero-order valence-electron chi connectivity index (χ0n) is 20.6. The van der Waals surface area contributed by atoms with Crippen molar-refractivity contribution >= 4 is 35.2 Å². The van der Waals surface area contributed by atoms with Crippen LogP contribution in [0.3, 0.4) is 0 Å². The first-order chi connectivity index (χ1) is 18.5. The van der Waals surface area contributed by atoms with Crippen LogP contribution in [0.5, 0.6) is 0 Å². The number of carbonyl (C=O) groups excluding carboxylic acids is 2. The third-order valence-electron chi connectivity index (χ3n) is 8.92. The molecule has 0 bridgehead atoms. The molecule has 1 N–H and O–H groups in total. The molecule has 3 aliphatic heterocycles. The molecule has 1 aliphatic carbocycles. The number of allylic oxidation sites excluding steroid dienone is 1. The number of fused-ring (bicyclic) bond motifs is 5. The van der Waals surface area contributed by atoms with Crippen LogP contribution in [-0.4, -0.2) is 34.3 Å². The number of benzene rings is 3. The lowest BCUT2D eigenvalue weighted by atomic mass is 9.53. The van der Waals surface area contributed by atoms with E-state index in [9.17, 15) is 18.4 Å². The molecule has 3 fully saturated rings. The normalized spacial score (nSPS) is 31.3. The number of hydrogen-bond donors (Lipinski definition) is 1. The van der Waals surface area contributed by atoms with Crippen LogP contribution < -0.4 is 5.32 Å². The van der Waals surface area contributed by atoms with Gasteiger partial charge in [0.1, 0.15) is 17.2 Å². The van der Waals surface area contributed by atoms with Gasteiger partial charge < -0.3 is 5.32 Å². The van der Waals surface area contributed by atoms with Gasteiger partial charge in [-0.1, -0.05) is 42.5 Å². The van der Waals surface area contributed by atoms with Crippen LogP contribution in [0.1, 0.15) is 41.9 Å². The van der Waals surface area contributed by atoms with Crippen molar-refractivity contribution < 1.29 is 18.4 Å². The number of amides is 1. The maximum Gasteiger partial charge on any atom is 0.250 e. The van der Waals surface area contributed by atoms with Crippen molar-refractivity contribution in [2.24, 2.45) is 5.41 Å². The molecule has 0 unspecified atom stereocenters. The van der Waals surface area contributed by atoms with Crippen LogP contribution in [-0.2, 0) is 15.1 Å². The van der Waals surface area contributed by atoms with Crippen LogP contribution >= 0.6 is 11.8 Å². The molecular formula is C31H26F2N2O2S. The Morgan fingerprint density at radius 3 is 2.58 bits per heavy atom. The number of nitrogens with one attached hydrogen (secondary N) is 1. The van der Waals surface area contributed by atoms with E-state index in [4.69, 9.17) is 0 Å². The number of ketones is 1. The molecule has 4 aliphatic rings. The van der Waals surface area contributed by atoms with Crippen LogP contribution in [0.2, 0.25) is 0 Å². The third-order valence-corrected chi connectivity index (χ3v) is 9.95. The van der Waals surface area contributed by atoms with E-state index in [0.717, 1.165) is 22.6 Å². The smallest absolute Gasteiger partial charge is 0.250 e. The van der Waals surface area contributed by atoms with Gasteiger partial charge in [-0.25, -0.2) is 8.78 Å². The lowest BCUT2D eigenvalue weighted by molar-refractivity contribution is -0.145. The second-order valence-corrected chi connectivity index (χ2v) is 11.7. The van der Waals surface area contributed by atoms with E-state index in [1.165, 1.54) is 24.3 Å². The molecule has 0 radical (unpaired) electrons. The summed E-state index contributed by atoms with van der Waals surface area (Å²) in [7, 11) is 0. The Balaban J connectivity index is 1.52. The van der Waals surface area contributed by atoms with Crippen molar-refractivity contribution in [2.45, 2.75) is 36.8 Å². The van der Waals surface area contributed by atoms with E-state index in [-0.39, 0.29) is 35.3 Å². The Bertz CT molecular complexity index is 1520. The summed E-state index contributed by atoms with van der Waals surface area (Å²) in [4.78, 5) is 31.5. The first-order valence-electron chi connectivity index (χ1n) is 13.0. The molecule has 3 aromatic rings. The number of nitrogens with zero attached hydrogens (tertiary/aromatic N) is 1. The Labute approximate surface area is 224 Å². The number of rotatable bonds is 2. The summed E-state index contributed by atoms with van der Waals surface area (Å²) in [6.07, 6.45) is 3.53. The Morgan fingerprint density at radius 2 is 1.76 bits per heavy atom. The molecule has 4 nitrogen and oxygen atoms in total. The van der Waals surface area contributed by atoms with Gasteiger partial charge in [-0.15, -0.1) is 11.8 Å². The van der Waals surface area contributed by atoms with Gasteiger partial charge in [0.15, 0.2) is 5.78 Å². The zero-order valence-corrected chi connectivity index (χ0v) is 21.4. The summed E-state index contributed by atoms with van der Waals surface area (Å²) in [5.41, 5.74) is 1.14. The highest BCUT2D eigenvalue weighted by molar-refractivity contribution is 7.99. The minimum absolute atomic E-state index is 0.0893. The standard InChI is InChI=1S/C31H26F2N2O2S/c32-22-9-3-6-19(15-22)14-21-8-5-13-30(28(21)36)27(20-7-4-10-23(33)16-20)26-17-38-18-35(26)31(30)24-11-1-2-12-25(24)34-29(31)37/h1-4,6-7,9-12,14-16,26-27H,5,8,13,17-18H2,(H,34,37)/b21-14+/t26-,27-,30-,31+/m0/s1. The van der Waals surface area contributed by atoms with Crippen LogP contribution in [0.25, 0.3) is 6.08 Å². The number of Topliss-reactive ketones (excluding diaryl/α,β-unsaturated/α-hetero) is 1. The van der Waals surface area contributed by atoms with Gasteiger partial charge >= 0.3 is 0 Å². The molecule has 2 saturated heterocycles. The highest BCUT2D eigenvalue weighted by Gasteiger charge is 2.77. The molecule has 3 aromatic carbocycles. The number of para-hydroxylation sites is 1. The number of anilines is 1. The SMILES string of the molecule is O=C1/C(=C/c2cccc(F)c2)CCC[C@]12[C@@H](c1cccc(F)c1)[C@@H]1CSCN1[C@]21C(=O)Nc2ccccc21. The maximum atomic E-state index is 15.0. The van der Waals surface area contributed by atoms with Gasteiger partial charge in [0.25, 0.3) is 5.91 Å². The molecular weight excluding hydrogens is 502 g/mol. The monoisotopic (exact) mass is 528 g/mol. The van der Waals surface area contributed by atoms with Gasteiger partial charge in [-0.2, -0.15) is 0 Å². The van der Waals surface area contributed by atoms with Gasteiger partial charge in [-0.3, -0.25) is 14.5 Å². The van der Waals surface area contributed by atoms with Crippen LogP contribution in [0.15, 0.2) is 78.4 Å². The zero-order chi connectivity index (χ0) is 26.1. The first kappa shape index (κ1) is 23.8. The number of thioether (sulfide) groups is 1. The van der Waals surface area contributed by atoms with Crippen LogP contribution in [0, 0.1) is 17.0 Å². The van der Waals surface area contributed by atoms with Crippen LogP contribution in [0.4, 0.5) is 14.5 Å². The van der Waals surface area contributed by atoms with Crippen molar-refractivity contribution in [3.05, 3.63) is 107 Å². The molecule has 192 valence electrons. The van der Waals surface area contributed by atoms with Crippen molar-refractivity contribution in [2.75, 3.05) is 16.9 Å². The average Bonchev–Trinajstić information content (AvgIpc) is 3.55. The van der Waals surface area contributed by atoms with Crippen molar-refractivity contribution in [3.63, 3.8) is 0 Å². The first-order valence-corrected chi connectivity index (χ1v) is 14.1. The number of hydrogen-bond acceptors (Lipinski definition) is 4. The Hall–Kier alpha value is -3.29. The lowest BCUT2D eigenvalue weighted by Crippen LogP contribution is -2.60. The van der Waals surface area contributed by atoms with Crippen molar-refractivity contribution in [1.29, 1.82) is 0 Å². The topological polar surface area (TPSA) is 49.4 Å². The fraction of sp³-hybridized carbons (Fsp3) is 0.290. The van der Waals surface area contributed by atoms with E-state index in [1.54, 1.807) is 36.0 Å². The molecule has 1 saturated carbocycles.